The average Bonchev–Trinajstić information content (AvgIpc) is 2.42. The fraction of sp³-hybridized carbons (Fsp3) is 0.500. The summed E-state index contributed by atoms with van der Waals surface area (Å²) < 4.78 is 0. The Morgan fingerprint density at radius 2 is 2.06 bits per heavy atom. The minimum Gasteiger partial charge on any atom is -0.360 e. The molecular weight excluding hydrogens is 220 g/mol. The number of terminal acetylenes is 1. The van der Waals surface area contributed by atoms with Crippen molar-refractivity contribution < 1.29 is 0 Å². The predicted molar refractivity (Wildman–Crippen MR) is 79.9 cm³/mol. The van der Waals surface area contributed by atoms with Crippen LogP contribution in [0.1, 0.15) is 38.8 Å². The molecule has 0 aliphatic heterocycles. The molecule has 98 valence electrons. The van der Waals surface area contributed by atoms with Crippen molar-refractivity contribution in [3.63, 3.8) is 0 Å². The monoisotopic (exact) mass is 244 g/mol. The van der Waals surface area contributed by atoms with Crippen molar-refractivity contribution in [2.75, 3.05) is 24.5 Å². The van der Waals surface area contributed by atoms with Gasteiger partial charge in [-0.2, -0.15) is 0 Å². The van der Waals surface area contributed by atoms with Crippen molar-refractivity contribution in [2.24, 2.45) is 0 Å². The number of hydrogen-bond donors (Lipinski definition) is 1. The van der Waals surface area contributed by atoms with Crippen LogP contribution in [0.2, 0.25) is 0 Å². The van der Waals surface area contributed by atoms with Crippen molar-refractivity contribution >= 4 is 5.69 Å². The number of anilines is 1. The Kier molecular flexibility index (Phi) is 6.32. The number of benzene rings is 1. The number of para-hydroxylation sites is 1. The Balaban J connectivity index is 2.94. The zero-order chi connectivity index (χ0) is 13.4. The van der Waals surface area contributed by atoms with Gasteiger partial charge in [-0.15, -0.1) is 6.42 Å². The minimum atomic E-state index is 0.355. The predicted octanol–water partition coefficient (Wildman–Crippen LogP) is 3.21. The van der Waals surface area contributed by atoms with Crippen molar-refractivity contribution in [1.29, 1.82) is 0 Å². The lowest BCUT2D eigenvalue weighted by molar-refractivity contribution is 0.570. The molecule has 1 rings (SSSR count). The van der Waals surface area contributed by atoms with Crippen LogP contribution in [0, 0.1) is 12.3 Å². The molecule has 1 aromatic carbocycles. The first-order valence-electron chi connectivity index (χ1n) is 6.75. The van der Waals surface area contributed by atoms with E-state index in [9.17, 15) is 0 Å². The molecule has 1 atom stereocenters. The summed E-state index contributed by atoms with van der Waals surface area (Å²) in [5.74, 6) is 2.73. The molecule has 0 aliphatic carbocycles. The van der Waals surface area contributed by atoms with Crippen LogP contribution in [0.3, 0.4) is 0 Å². The van der Waals surface area contributed by atoms with Crippen LogP contribution < -0.4 is 10.2 Å². The smallest absolute Gasteiger partial charge is 0.0791 e. The standard InChI is InChI=1S/C16H24N2/c1-5-12-17-14(4)15-10-8-9-11-16(15)18(7-3)13-6-2/h2,8-11,14,17H,5,7,12-13H2,1,3-4H3. The van der Waals surface area contributed by atoms with Crippen LogP contribution in [-0.2, 0) is 0 Å². The van der Waals surface area contributed by atoms with E-state index >= 15 is 0 Å². The molecule has 0 heterocycles. The topological polar surface area (TPSA) is 15.3 Å². The molecule has 18 heavy (non-hydrogen) atoms. The van der Waals surface area contributed by atoms with E-state index in [0.29, 0.717) is 12.6 Å². The molecule has 0 aliphatic rings. The first-order valence-corrected chi connectivity index (χ1v) is 6.75. The summed E-state index contributed by atoms with van der Waals surface area (Å²) in [6, 6.07) is 8.85. The molecule has 2 heteroatoms. The molecule has 1 N–H and O–H groups in total. The summed E-state index contributed by atoms with van der Waals surface area (Å²) in [4.78, 5) is 2.24. The van der Waals surface area contributed by atoms with Crippen molar-refractivity contribution in [1.82, 2.24) is 5.32 Å². The van der Waals surface area contributed by atoms with E-state index in [1.54, 1.807) is 0 Å². The molecule has 0 aromatic heterocycles. The lowest BCUT2D eigenvalue weighted by Gasteiger charge is -2.26. The van der Waals surface area contributed by atoms with E-state index in [1.165, 1.54) is 11.3 Å². The molecule has 2 nitrogen and oxygen atoms in total. The maximum atomic E-state index is 5.44. The normalized spacial score (nSPS) is 11.9. The summed E-state index contributed by atoms with van der Waals surface area (Å²) >= 11 is 0. The quantitative estimate of drug-likeness (QED) is 0.741. The molecule has 0 bridgehead atoms. The zero-order valence-electron chi connectivity index (χ0n) is 11.7. The largest absolute Gasteiger partial charge is 0.360 e. The highest BCUT2D eigenvalue weighted by atomic mass is 15.1. The Morgan fingerprint density at radius 1 is 1.33 bits per heavy atom. The van der Waals surface area contributed by atoms with E-state index in [4.69, 9.17) is 6.42 Å². The summed E-state index contributed by atoms with van der Waals surface area (Å²) in [6.07, 6.45) is 6.59. The average molecular weight is 244 g/mol. The lowest BCUT2D eigenvalue weighted by Crippen LogP contribution is -2.27. The van der Waals surface area contributed by atoms with E-state index in [1.807, 2.05) is 0 Å². The molecule has 0 radical (unpaired) electrons. The maximum absolute atomic E-state index is 5.44. The Hall–Kier alpha value is -1.46. The molecule has 1 aromatic rings. The summed E-state index contributed by atoms with van der Waals surface area (Å²) in [5, 5.41) is 3.53. The van der Waals surface area contributed by atoms with Gasteiger partial charge in [0.25, 0.3) is 0 Å². The summed E-state index contributed by atoms with van der Waals surface area (Å²) in [6.45, 7) is 9.16. The van der Waals surface area contributed by atoms with Crippen LogP contribution in [0.5, 0.6) is 0 Å². The second-order valence-electron chi connectivity index (χ2n) is 4.45. The second-order valence-corrected chi connectivity index (χ2v) is 4.45. The highest BCUT2D eigenvalue weighted by molar-refractivity contribution is 5.55. The highest BCUT2D eigenvalue weighted by Crippen LogP contribution is 2.25. The molecular formula is C16H24N2. The highest BCUT2D eigenvalue weighted by Gasteiger charge is 2.13. The number of hydrogen-bond acceptors (Lipinski definition) is 2. The molecule has 0 fully saturated rings. The number of nitrogens with one attached hydrogen (secondary N) is 1. The third kappa shape index (κ3) is 3.78. The molecule has 1 unspecified atom stereocenters. The van der Waals surface area contributed by atoms with Gasteiger partial charge in [0.15, 0.2) is 0 Å². The number of nitrogens with zero attached hydrogens (tertiary/aromatic N) is 1. The van der Waals surface area contributed by atoms with E-state index in [0.717, 1.165) is 19.5 Å². The van der Waals surface area contributed by atoms with E-state index < -0.39 is 0 Å². The van der Waals surface area contributed by atoms with Crippen LogP contribution >= 0.6 is 0 Å². The van der Waals surface area contributed by atoms with Gasteiger partial charge in [0.2, 0.25) is 0 Å². The first kappa shape index (κ1) is 14.6. The van der Waals surface area contributed by atoms with E-state index in [-0.39, 0.29) is 0 Å². The number of rotatable bonds is 7. The van der Waals surface area contributed by atoms with Crippen LogP contribution in [0.4, 0.5) is 5.69 Å². The van der Waals surface area contributed by atoms with Gasteiger partial charge in [-0.25, -0.2) is 0 Å². The van der Waals surface area contributed by atoms with Crippen molar-refractivity contribution in [3.8, 4) is 12.3 Å². The van der Waals surface area contributed by atoms with Gasteiger partial charge in [-0.3, -0.25) is 0 Å². The summed E-state index contributed by atoms with van der Waals surface area (Å²) in [5.41, 5.74) is 2.57. The van der Waals surface area contributed by atoms with Crippen LogP contribution in [0.15, 0.2) is 24.3 Å². The molecule has 0 spiro atoms. The third-order valence-corrected chi connectivity index (χ3v) is 3.11. The van der Waals surface area contributed by atoms with Gasteiger partial charge in [0, 0.05) is 18.3 Å². The molecule has 0 saturated heterocycles. The van der Waals surface area contributed by atoms with Crippen molar-refractivity contribution in [3.05, 3.63) is 29.8 Å². The Labute approximate surface area is 111 Å². The fourth-order valence-corrected chi connectivity index (χ4v) is 2.09. The molecule has 0 saturated carbocycles. The Bertz CT molecular complexity index is 392. The van der Waals surface area contributed by atoms with Gasteiger partial charge in [-0.1, -0.05) is 31.0 Å². The van der Waals surface area contributed by atoms with Gasteiger partial charge >= 0.3 is 0 Å². The van der Waals surface area contributed by atoms with Gasteiger partial charge in [-0.05, 0) is 38.4 Å². The lowest BCUT2D eigenvalue weighted by atomic mass is 10.0. The fourth-order valence-electron chi connectivity index (χ4n) is 2.09. The molecule has 0 amide bonds. The van der Waals surface area contributed by atoms with Gasteiger partial charge < -0.3 is 10.2 Å². The zero-order valence-corrected chi connectivity index (χ0v) is 11.7. The van der Waals surface area contributed by atoms with Crippen LogP contribution in [0.25, 0.3) is 0 Å². The SMILES string of the molecule is C#CCN(CC)c1ccccc1C(C)NCCC. The minimum absolute atomic E-state index is 0.355. The van der Waals surface area contributed by atoms with Crippen LogP contribution in [-0.4, -0.2) is 19.6 Å². The second kappa shape index (κ2) is 7.79. The first-order chi connectivity index (χ1) is 8.74. The van der Waals surface area contributed by atoms with Crippen molar-refractivity contribution in [2.45, 2.75) is 33.2 Å². The van der Waals surface area contributed by atoms with Gasteiger partial charge in [0.1, 0.15) is 0 Å². The van der Waals surface area contributed by atoms with E-state index in [2.05, 4.69) is 61.2 Å². The summed E-state index contributed by atoms with van der Waals surface area (Å²) in [7, 11) is 0. The maximum Gasteiger partial charge on any atom is 0.0791 e. The Morgan fingerprint density at radius 3 is 2.67 bits per heavy atom. The van der Waals surface area contributed by atoms with Gasteiger partial charge in [0.05, 0.1) is 6.54 Å². The third-order valence-electron chi connectivity index (χ3n) is 3.11.